The minimum Gasteiger partial charge on any atom is -0.454 e. The summed E-state index contributed by atoms with van der Waals surface area (Å²) in [6, 6.07) is 14.8. The molecule has 0 atom stereocenters. The van der Waals surface area contributed by atoms with Gasteiger partial charge in [0.15, 0.2) is 22.8 Å². The predicted octanol–water partition coefficient (Wildman–Crippen LogP) is 2.18. The van der Waals surface area contributed by atoms with E-state index >= 15 is 0 Å². The third-order valence-electron chi connectivity index (χ3n) is 5.64. The minimum absolute atomic E-state index is 0.0328. The van der Waals surface area contributed by atoms with E-state index in [2.05, 4.69) is 10.3 Å². The van der Waals surface area contributed by atoms with Crippen molar-refractivity contribution in [1.29, 1.82) is 0 Å². The molecule has 0 unspecified atom stereocenters. The van der Waals surface area contributed by atoms with Crippen LogP contribution < -0.4 is 26.0 Å². The first-order valence-corrected chi connectivity index (χ1v) is 10.8. The van der Waals surface area contributed by atoms with Crippen LogP contribution in [-0.2, 0) is 17.9 Å². The Kier molecular flexibility index (Phi) is 5.61. The molecule has 5 rings (SSSR count). The van der Waals surface area contributed by atoms with E-state index in [0.29, 0.717) is 28.3 Å². The number of fused-ring (bicyclic) bond motifs is 2. The van der Waals surface area contributed by atoms with Crippen molar-refractivity contribution < 1.29 is 19.1 Å². The van der Waals surface area contributed by atoms with Crippen LogP contribution in [0.1, 0.15) is 22.8 Å². The Hall–Kier alpha value is -4.73. The summed E-state index contributed by atoms with van der Waals surface area (Å²) in [5.74, 6) is 0.566. The number of ketones is 1. The molecule has 0 saturated heterocycles. The van der Waals surface area contributed by atoms with Gasteiger partial charge in [0.05, 0.1) is 12.1 Å². The van der Waals surface area contributed by atoms with E-state index in [1.54, 1.807) is 54.6 Å². The largest absolute Gasteiger partial charge is 0.454 e. The maximum atomic E-state index is 13.4. The molecule has 10 nitrogen and oxygen atoms in total. The van der Waals surface area contributed by atoms with Crippen LogP contribution in [0.2, 0.25) is 0 Å². The molecular formula is C25H20N4O6. The molecule has 1 amide bonds. The van der Waals surface area contributed by atoms with E-state index in [0.717, 1.165) is 4.57 Å². The lowest BCUT2D eigenvalue weighted by Gasteiger charge is -2.14. The molecule has 2 aromatic carbocycles. The molecule has 0 spiro atoms. The highest BCUT2D eigenvalue weighted by molar-refractivity contribution is 5.95. The number of nitrogens with one attached hydrogen (secondary N) is 1. The summed E-state index contributed by atoms with van der Waals surface area (Å²) in [4.78, 5) is 54.9. The van der Waals surface area contributed by atoms with E-state index in [1.807, 2.05) is 0 Å². The van der Waals surface area contributed by atoms with Gasteiger partial charge in [-0.1, -0.05) is 6.07 Å². The molecule has 0 radical (unpaired) electrons. The number of nitrogens with zero attached hydrogens (tertiary/aromatic N) is 3. The number of pyridine rings is 1. The number of hydrogen-bond donors (Lipinski definition) is 1. The lowest BCUT2D eigenvalue weighted by molar-refractivity contribution is -0.116. The smallest absolute Gasteiger partial charge is 0.332 e. The summed E-state index contributed by atoms with van der Waals surface area (Å²) in [5, 5.41) is 2.71. The predicted molar refractivity (Wildman–Crippen MR) is 127 cm³/mol. The Bertz CT molecular complexity index is 1590. The lowest BCUT2D eigenvalue weighted by atomic mass is 10.1. The molecule has 35 heavy (non-hydrogen) atoms. The van der Waals surface area contributed by atoms with Gasteiger partial charge in [0.25, 0.3) is 5.56 Å². The van der Waals surface area contributed by atoms with Crippen LogP contribution >= 0.6 is 0 Å². The highest BCUT2D eigenvalue weighted by Gasteiger charge is 2.18. The van der Waals surface area contributed by atoms with Crippen LogP contribution in [0.3, 0.4) is 0 Å². The number of amides is 1. The van der Waals surface area contributed by atoms with Gasteiger partial charge < -0.3 is 14.8 Å². The van der Waals surface area contributed by atoms with E-state index in [9.17, 15) is 19.2 Å². The topological polar surface area (TPSA) is 122 Å². The second kappa shape index (κ2) is 8.90. The summed E-state index contributed by atoms with van der Waals surface area (Å²) < 4.78 is 13.0. The first kappa shape index (κ1) is 22.1. The maximum absolute atomic E-state index is 13.4. The number of ether oxygens (including phenoxy) is 2. The number of aromatic nitrogens is 3. The van der Waals surface area contributed by atoms with E-state index in [1.165, 1.54) is 17.7 Å². The van der Waals surface area contributed by atoms with Crippen LogP contribution in [0, 0.1) is 0 Å². The van der Waals surface area contributed by atoms with Gasteiger partial charge in [0.2, 0.25) is 12.7 Å². The first-order chi connectivity index (χ1) is 16.9. The Labute approximate surface area is 198 Å². The quantitative estimate of drug-likeness (QED) is 0.427. The Morgan fingerprint density at radius 2 is 1.77 bits per heavy atom. The van der Waals surface area contributed by atoms with E-state index in [-0.39, 0.29) is 36.7 Å². The normalized spacial score (nSPS) is 12.0. The Balaban J connectivity index is 1.49. The van der Waals surface area contributed by atoms with Crippen molar-refractivity contribution >= 4 is 28.4 Å². The van der Waals surface area contributed by atoms with Crippen molar-refractivity contribution in [2.24, 2.45) is 0 Å². The molecule has 0 bridgehead atoms. The second-order valence-corrected chi connectivity index (χ2v) is 8.00. The van der Waals surface area contributed by atoms with Gasteiger partial charge in [0.1, 0.15) is 6.54 Å². The van der Waals surface area contributed by atoms with E-state index in [4.69, 9.17) is 9.47 Å². The zero-order valence-corrected chi connectivity index (χ0v) is 18.7. The van der Waals surface area contributed by atoms with Gasteiger partial charge in [-0.3, -0.25) is 23.5 Å². The average molecular weight is 472 g/mol. The van der Waals surface area contributed by atoms with Gasteiger partial charge in [-0.05, 0) is 61.0 Å². The summed E-state index contributed by atoms with van der Waals surface area (Å²) in [6.07, 6.45) is 1.46. The van der Waals surface area contributed by atoms with Gasteiger partial charge in [-0.2, -0.15) is 0 Å². The number of carbonyl (C=O) groups excluding carboxylic acids is 2. The second-order valence-electron chi connectivity index (χ2n) is 8.00. The van der Waals surface area contributed by atoms with E-state index < -0.39 is 17.2 Å². The molecular weight excluding hydrogens is 452 g/mol. The molecule has 10 heteroatoms. The van der Waals surface area contributed by atoms with Crippen LogP contribution in [0.5, 0.6) is 11.5 Å². The summed E-state index contributed by atoms with van der Waals surface area (Å²) in [5.41, 5.74) is 0.786. The Morgan fingerprint density at radius 3 is 2.54 bits per heavy atom. The number of carbonyl (C=O) groups is 2. The van der Waals surface area contributed by atoms with Crippen LogP contribution in [-0.4, -0.2) is 32.6 Å². The first-order valence-electron chi connectivity index (χ1n) is 10.8. The van der Waals surface area contributed by atoms with Crippen LogP contribution in [0.4, 0.5) is 5.69 Å². The average Bonchev–Trinajstić information content (AvgIpc) is 3.33. The molecule has 176 valence electrons. The third-order valence-corrected chi connectivity index (χ3v) is 5.64. The monoisotopic (exact) mass is 472 g/mol. The van der Waals surface area contributed by atoms with Crippen molar-refractivity contribution in [1.82, 2.24) is 14.1 Å². The van der Waals surface area contributed by atoms with Crippen molar-refractivity contribution in [2.45, 2.75) is 20.0 Å². The molecule has 2 aromatic heterocycles. The molecule has 0 saturated carbocycles. The van der Waals surface area contributed by atoms with Crippen LogP contribution in [0.25, 0.3) is 11.0 Å². The molecule has 1 aliphatic rings. The summed E-state index contributed by atoms with van der Waals surface area (Å²) in [6.45, 7) is 1.20. The summed E-state index contributed by atoms with van der Waals surface area (Å²) >= 11 is 0. The molecule has 1 N–H and O–H groups in total. The molecule has 0 aliphatic carbocycles. The number of Topliss-reactive ketones (excluding diaryl/α,β-unsaturated/α-hetero) is 1. The number of benzene rings is 2. The molecule has 1 aliphatic heterocycles. The molecule has 4 aromatic rings. The fourth-order valence-corrected chi connectivity index (χ4v) is 3.89. The highest BCUT2D eigenvalue weighted by atomic mass is 16.7. The number of hydrogen-bond acceptors (Lipinski definition) is 7. The highest BCUT2D eigenvalue weighted by Crippen LogP contribution is 2.32. The molecule has 3 heterocycles. The van der Waals surface area contributed by atoms with Gasteiger partial charge in [0, 0.05) is 17.4 Å². The number of rotatable bonds is 6. The SMILES string of the molecule is CC(=O)c1ccc(NC(=O)Cn2c(=O)n(Cc3ccc4c(c3)OCO4)c(=O)c3ncccc32)cc1. The Morgan fingerprint density at radius 1 is 1.00 bits per heavy atom. The van der Waals surface area contributed by atoms with Crippen molar-refractivity contribution in [2.75, 3.05) is 12.1 Å². The standard InChI is InChI=1S/C25H20N4O6/c1-15(30)17-5-7-18(8-6-17)27-22(31)13-28-19-3-2-10-26-23(19)24(32)29(25(28)33)12-16-4-9-20-21(11-16)35-14-34-20/h2-11H,12-14H2,1H3,(H,27,31). The van der Waals surface area contributed by atoms with Crippen molar-refractivity contribution in [3.8, 4) is 11.5 Å². The fraction of sp³-hybridized carbons (Fsp3) is 0.160. The summed E-state index contributed by atoms with van der Waals surface area (Å²) in [7, 11) is 0. The van der Waals surface area contributed by atoms with Crippen molar-refractivity contribution in [3.63, 3.8) is 0 Å². The maximum Gasteiger partial charge on any atom is 0.332 e. The van der Waals surface area contributed by atoms with Crippen LogP contribution in [0.15, 0.2) is 70.4 Å². The zero-order chi connectivity index (χ0) is 24.5. The third kappa shape index (κ3) is 4.29. The fourth-order valence-electron chi connectivity index (χ4n) is 3.89. The zero-order valence-electron chi connectivity index (χ0n) is 18.7. The van der Waals surface area contributed by atoms with Gasteiger partial charge in [-0.15, -0.1) is 0 Å². The van der Waals surface area contributed by atoms with Gasteiger partial charge >= 0.3 is 5.69 Å². The van der Waals surface area contributed by atoms with Crippen molar-refractivity contribution in [3.05, 3.63) is 92.8 Å². The molecule has 0 fully saturated rings. The van der Waals surface area contributed by atoms with Gasteiger partial charge in [-0.25, -0.2) is 9.78 Å². The lowest BCUT2D eigenvalue weighted by Crippen LogP contribution is -2.42. The minimum atomic E-state index is -0.643. The number of anilines is 1.